The van der Waals surface area contributed by atoms with E-state index >= 15 is 0 Å². The Morgan fingerprint density at radius 2 is 1.86 bits per heavy atom. The van der Waals surface area contributed by atoms with E-state index in [-0.39, 0.29) is 12.2 Å². The van der Waals surface area contributed by atoms with Gasteiger partial charge in [0, 0.05) is 25.3 Å². The van der Waals surface area contributed by atoms with Crippen LogP contribution in [0, 0.1) is 5.82 Å². The smallest absolute Gasteiger partial charge is 0.369 e. The molecule has 1 aliphatic heterocycles. The molecule has 7 heteroatoms. The summed E-state index contributed by atoms with van der Waals surface area (Å²) in [7, 11) is 0. The summed E-state index contributed by atoms with van der Waals surface area (Å²) in [5, 5.41) is 0. The number of anilines is 2. The number of carbonyl (C=O) groups is 1. The number of piperidine rings is 1. The van der Waals surface area contributed by atoms with Crippen LogP contribution >= 0.6 is 0 Å². The Hall–Kier alpha value is -1.79. The van der Waals surface area contributed by atoms with Crippen molar-refractivity contribution in [3.8, 4) is 0 Å². The number of halogens is 4. The first-order valence-corrected chi connectivity index (χ1v) is 7.27. The average Bonchev–Trinajstić information content (AvgIpc) is 2.48. The van der Waals surface area contributed by atoms with Crippen LogP contribution in [0.4, 0.5) is 28.9 Å². The van der Waals surface area contributed by atoms with Crippen LogP contribution in [0.2, 0.25) is 0 Å². The van der Waals surface area contributed by atoms with Crippen molar-refractivity contribution in [3.63, 3.8) is 0 Å². The highest BCUT2D eigenvalue weighted by Gasteiger charge is 2.42. The minimum Gasteiger partial charge on any atom is -0.369 e. The lowest BCUT2D eigenvalue weighted by Crippen LogP contribution is -2.41. The maximum Gasteiger partial charge on any atom is 0.471 e. The second kappa shape index (κ2) is 6.54. The zero-order valence-corrected chi connectivity index (χ0v) is 12.3. The summed E-state index contributed by atoms with van der Waals surface area (Å²) in [5.41, 5.74) is 0.294. The fourth-order valence-electron chi connectivity index (χ4n) is 2.65. The van der Waals surface area contributed by atoms with Crippen LogP contribution < -0.4 is 9.80 Å². The van der Waals surface area contributed by atoms with Gasteiger partial charge >= 0.3 is 12.1 Å². The molecule has 0 aliphatic carbocycles. The lowest BCUT2D eigenvalue weighted by molar-refractivity contribution is -0.170. The highest BCUT2D eigenvalue weighted by Crippen LogP contribution is 2.29. The van der Waals surface area contributed by atoms with Crippen LogP contribution in [0.3, 0.4) is 0 Å². The molecular weight excluding hydrogens is 300 g/mol. The molecule has 0 unspecified atom stereocenters. The van der Waals surface area contributed by atoms with E-state index in [1.54, 1.807) is 0 Å². The lowest BCUT2D eigenvalue weighted by Gasteiger charge is -2.30. The molecule has 1 saturated heterocycles. The van der Waals surface area contributed by atoms with Gasteiger partial charge in [-0.15, -0.1) is 0 Å². The fraction of sp³-hybridized carbons (Fsp3) is 0.533. The highest BCUT2D eigenvalue weighted by molar-refractivity contribution is 5.97. The fourth-order valence-corrected chi connectivity index (χ4v) is 2.65. The maximum atomic E-state index is 14.2. The summed E-state index contributed by atoms with van der Waals surface area (Å²) >= 11 is 0. The zero-order valence-electron chi connectivity index (χ0n) is 12.3. The highest BCUT2D eigenvalue weighted by atomic mass is 19.4. The molecule has 1 heterocycles. The van der Waals surface area contributed by atoms with Gasteiger partial charge in [0.15, 0.2) is 0 Å². The van der Waals surface area contributed by atoms with Gasteiger partial charge in [0.25, 0.3) is 0 Å². The molecule has 1 aliphatic rings. The van der Waals surface area contributed by atoms with Crippen LogP contribution in [-0.2, 0) is 4.79 Å². The van der Waals surface area contributed by atoms with E-state index in [2.05, 4.69) is 0 Å². The first kappa shape index (κ1) is 16.6. The molecule has 0 radical (unpaired) electrons. The molecule has 1 fully saturated rings. The molecule has 0 aromatic heterocycles. The third kappa shape index (κ3) is 3.51. The van der Waals surface area contributed by atoms with Gasteiger partial charge in [-0.1, -0.05) is 0 Å². The van der Waals surface area contributed by atoms with E-state index in [9.17, 15) is 22.4 Å². The van der Waals surface area contributed by atoms with Crippen molar-refractivity contribution in [2.24, 2.45) is 0 Å². The SMILES string of the molecule is CCN(C(=O)C(F)(F)F)c1ccc(N2CCCCC2)c(F)c1. The van der Waals surface area contributed by atoms with Crippen molar-refractivity contribution in [1.82, 2.24) is 0 Å². The van der Waals surface area contributed by atoms with Crippen molar-refractivity contribution < 1.29 is 22.4 Å². The number of hydrogen-bond acceptors (Lipinski definition) is 2. The van der Waals surface area contributed by atoms with Crippen LogP contribution in [0.15, 0.2) is 18.2 Å². The number of amides is 1. The van der Waals surface area contributed by atoms with Gasteiger partial charge < -0.3 is 9.80 Å². The standard InChI is InChI=1S/C15H18F4N2O/c1-2-21(14(22)15(17,18)19)11-6-7-13(12(16)10-11)20-8-4-3-5-9-20/h6-7,10H,2-5,8-9H2,1H3. The average molecular weight is 318 g/mol. The summed E-state index contributed by atoms with van der Waals surface area (Å²) in [6.07, 6.45) is -1.94. The predicted molar refractivity (Wildman–Crippen MR) is 76.5 cm³/mol. The second-order valence-electron chi connectivity index (χ2n) is 5.23. The Bertz CT molecular complexity index is 539. The molecule has 0 saturated carbocycles. The summed E-state index contributed by atoms with van der Waals surface area (Å²) in [6, 6.07) is 3.81. The molecule has 1 aromatic carbocycles. The molecule has 122 valence electrons. The summed E-state index contributed by atoms with van der Waals surface area (Å²) in [5.74, 6) is -2.59. The normalized spacial score (nSPS) is 15.8. The van der Waals surface area contributed by atoms with Gasteiger partial charge in [0.05, 0.1) is 5.69 Å². The van der Waals surface area contributed by atoms with Crippen LogP contribution in [0.25, 0.3) is 0 Å². The Labute approximate surface area is 126 Å². The Balaban J connectivity index is 2.25. The molecule has 0 spiro atoms. The van der Waals surface area contributed by atoms with Crippen LogP contribution in [0.1, 0.15) is 26.2 Å². The van der Waals surface area contributed by atoms with Gasteiger partial charge in [-0.25, -0.2) is 4.39 Å². The Morgan fingerprint density at radius 3 is 2.36 bits per heavy atom. The zero-order chi connectivity index (χ0) is 16.3. The van der Waals surface area contributed by atoms with Crippen LogP contribution in [-0.4, -0.2) is 31.7 Å². The van der Waals surface area contributed by atoms with Gasteiger partial charge in [0.1, 0.15) is 5.82 Å². The first-order chi connectivity index (χ1) is 10.3. The van der Waals surface area contributed by atoms with Crippen molar-refractivity contribution in [3.05, 3.63) is 24.0 Å². The Morgan fingerprint density at radius 1 is 1.23 bits per heavy atom. The quantitative estimate of drug-likeness (QED) is 0.793. The number of nitrogens with zero attached hydrogens (tertiary/aromatic N) is 2. The van der Waals surface area contributed by atoms with Crippen molar-refractivity contribution in [2.45, 2.75) is 32.4 Å². The van der Waals surface area contributed by atoms with Crippen molar-refractivity contribution in [1.29, 1.82) is 0 Å². The molecular formula is C15H18F4N2O. The van der Waals surface area contributed by atoms with E-state index in [1.807, 2.05) is 4.90 Å². The van der Waals surface area contributed by atoms with Gasteiger partial charge in [0.2, 0.25) is 0 Å². The largest absolute Gasteiger partial charge is 0.471 e. The van der Waals surface area contributed by atoms with Crippen molar-refractivity contribution >= 4 is 17.3 Å². The van der Waals surface area contributed by atoms with E-state index in [0.717, 1.165) is 38.4 Å². The van der Waals surface area contributed by atoms with Gasteiger partial charge in [-0.3, -0.25) is 4.79 Å². The van der Waals surface area contributed by atoms with E-state index < -0.39 is 17.9 Å². The van der Waals surface area contributed by atoms with E-state index in [1.165, 1.54) is 19.1 Å². The summed E-state index contributed by atoms with van der Waals surface area (Å²) in [6.45, 7) is 2.70. The number of hydrogen-bond donors (Lipinski definition) is 0. The first-order valence-electron chi connectivity index (χ1n) is 7.27. The third-order valence-corrected chi connectivity index (χ3v) is 3.74. The monoisotopic (exact) mass is 318 g/mol. The number of benzene rings is 1. The van der Waals surface area contributed by atoms with Crippen LogP contribution in [0.5, 0.6) is 0 Å². The summed E-state index contributed by atoms with van der Waals surface area (Å²) < 4.78 is 51.9. The molecule has 0 atom stereocenters. The minimum absolute atomic E-state index is 0.0805. The number of carbonyl (C=O) groups excluding carboxylic acids is 1. The predicted octanol–water partition coefficient (Wildman–Crippen LogP) is 3.73. The molecule has 2 rings (SSSR count). The topological polar surface area (TPSA) is 23.6 Å². The molecule has 1 amide bonds. The van der Waals surface area contributed by atoms with Gasteiger partial charge in [-0.05, 0) is 44.4 Å². The number of rotatable bonds is 3. The molecule has 0 N–H and O–H groups in total. The van der Waals surface area contributed by atoms with E-state index in [4.69, 9.17) is 0 Å². The lowest BCUT2D eigenvalue weighted by atomic mass is 10.1. The molecule has 0 bridgehead atoms. The molecule has 1 aromatic rings. The minimum atomic E-state index is -4.97. The number of alkyl halides is 3. The third-order valence-electron chi connectivity index (χ3n) is 3.74. The second-order valence-corrected chi connectivity index (χ2v) is 5.23. The van der Waals surface area contributed by atoms with E-state index in [0.29, 0.717) is 10.6 Å². The summed E-state index contributed by atoms with van der Waals surface area (Å²) in [4.78, 5) is 13.8. The van der Waals surface area contributed by atoms with Crippen molar-refractivity contribution in [2.75, 3.05) is 29.4 Å². The maximum absolute atomic E-state index is 14.2. The molecule has 3 nitrogen and oxygen atoms in total. The molecule has 22 heavy (non-hydrogen) atoms. The van der Waals surface area contributed by atoms with Gasteiger partial charge in [-0.2, -0.15) is 13.2 Å². The Kier molecular flexibility index (Phi) is 4.93.